The van der Waals surface area contributed by atoms with E-state index in [9.17, 15) is 14.9 Å². The summed E-state index contributed by atoms with van der Waals surface area (Å²) in [6.45, 7) is 4.44. The standard InChI is InChI=1S/C15H21N3O3/c1-11(19)14-8-13(18(20)21)4-5-15(14)17(3)10-12-6-7-16(2)9-12/h4-5,8,12H,6-7,9-10H2,1-3H3. The van der Waals surface area contributed by atoms with Crippen LogP contribution in [0.15, 0.2) is 18.2 Å². The zero-order chi connectivity index (χ0) is 15.6. The van der Waals surface area contributed by atoms with Crippen LogP contribution in [-0.2, 0) is 0 Å². The number of nitrogens with zero attached hydrogens (tertiary/aromatic N) is 3. The van der Waals surface area contributed by atoms with Gasteiger partial charge >= 0.3 is 0 Å². The van der Waals surface area contributed by atoms with Crippen molar-refractivity contribution >= 4 is 17.2 Å². The fourth-order valence-electron chi connectivity index (χ4n) is 2.91. The fraction of sp³-hybridized carbons (Fsp3) is 0.533. The van der Waals surface area contributed by atoms with Crippen molar-refractivity contribution in [2.24, 2.45) is 5.92 Å². The van der Waals surface area contributed by atoms with Crippen molar-refractivity contribution in [3.63, 3.8) is 0 Å². The van der Waals surface area contributed by atoms with Crippen LogP contribution in [0.4, 0.5) is 11.4 Å². The minimum absolute atomic E-state index is 0.0436. The Kier molecular flexibility index (Phi) is 4.57. The molecule has 1 unspecified atom stereocenters. The highest BCUT2D eigenvalue weighted by atomic mass is 16.6. The molecule has 0 N–H and O–H groups in total. The summed E-state index contributed by atoms with van der Waals surface area (Å²) in [7, 11) is 4.04. The summed E-state index contributed by atoms with van der Waals surface area (Å²) in [6, 6.07) is 4.50. The normalized spacial score (nSPS) is 18.7. The molecule has 2 rings (SSSR count). The summed E-state index contributed by atoms with van der Waals surface area (Å²) in [4.78, 5) is 26.5. The molecule has 1 aromatic carbocycles. The number of benzene rings is 1. The average molecular weight is 291 g/mol. The number of carbonyl (C=O) groups is 1. The highest BCUT2D eigenvalue weighted by Gasteiger charge is 2.23. The van der Waals surface area contributed by atoms with Crippen LogP contribution < -0.4 is 4.90 Å². The molecule has 21 heavy (non-hydrogen) atoms. The molecule has 1 aromatic rings. The second kappa shape index (κ2) is 6.22. The Morgan fingerprint density at radius 3 is 2.76 bits per heavy atom. The molecule has 1 atom stereocenters. The third kappa shape index (κ3) is 3.58. The predicted molar refractivity (Wildman–Crippen MR) is 82.0 cm³/mol. The van der Waals surface area contributed by atoms with Gasteiger partial charge < -0.3 is 9.80 Å². The van der Waals surface area contributed by atoms with E-state index in [1.807, 2.05) is 11.9 Å². The van der Waals surface area contributed by atoms with E-state index in [0.29, 0.717) is 11.5 Å². The first-order valence-corrected chi connectivity index (χ1v) is 7.07. The number of hydrogen-bond acceptors (Lipinski definition) is 5. The maximum atomic E-state index is 11.8. The van der Waals surface area contributed by atoms with Crippen LogP contribution in [0.1, 0.15) is 23.7 Å². The van der Waals surface area contributed by atoms with Gasteiger partial charge in [-0.15, -0.1) is 0 Å². The molecule has 0 saturated carbocycles. The van der Waals surface area contributed by atoms with Crippen molar-refractivity contribution in [1.82, 2.24) is 4.90 Å². The van der Waals surface area contributed by atoms with Crippen LogP contribution in [0, 0.1) is 16.0 Å². The molecule has 1 fully saturated rings. The van der Waals surface area contributed by atoms with E-state index in [0.717, 1.165) is 31.7 Å². The maximum Gasteiger partial charge on any atom is 0.270 e. The van der Waals surface area contributed by atoms with Crippen LogP contribution in [0.3, 0.4) is 0 Å². The number of Topliss-reactive ketones (excluding diaryl/α,β-unsaturated/α-hetero) is 1. The number of non-ortho nitro benzene ring substituents is 1. The Morgan fingerprint density at radius 1 is 1.52 bits per heavy atom. The number of ketones is 1. The highest BCUT2D eigenvalue weighted by Crippen LogP contribution is 2.27. The topological polar surface area (TPSA) is 66.7 Å². The van der Waals surface area contributed by atoms with E-state index in [4.69, 9.17) is 0 Å². The van der Waals surface area contributed by atoms with E-state index < -0.39 is 4.92 Å². The van der Waals surface area contributed by atoms with Crippen LogP contribution in [-0.4, -0.2) is 49.3 Å². The second-order valence-electron chi connectivity index (χ2n) is 5.81. The number of likely N-dealkylation sites (tertiary alicyclic amines) is 1. The van der Waals surface area contributed by atoms with Crippen LogP contribution in [0.25, 0.3) is 0 Å². The first-order valence-electron chi connectivity index (χ1n) is 7.07. The summed E-state index contributed by atoms with van der Waals surface area (Å²) in [5.41, 5.74) is 1.14. The molecule has 0 aliphatic carbocycles. The molecule has 0 radical (unpaired) electrons. The summed E-state index contributed by atoms with van der Waals surface area (Å²) in [5.74, 6) is 0.416. The number of carbonyl (C=O) groups excluding carboxylic acids is 1. The van der Waals surface area contributed by atoms with Crippen LogP contribution in [0.5, 0.6) is 0 Å². The highest BCUT2D eigenvalue weighted by molar-refractivity contribution is 6.00. The van der Waals surface area contributed by atoms with E-state index in [1.54, 1.807) is 6.07 Å². The molecule has 6 nitrogen and oxygen atoms in total. The Labute approximate surface area is 124 Å². The molecule has 0 spiro atoms. The Balaban J connectivity index is 2.21. The molecule has 1 saturated heterocycles. The van der Waals surface area contributed by atoms with Gasteiger partial charge in [-0.1, -0.05) is 0 Å². The zero-order valence-corrected chi connectivity index (χ0v) is 12.7. The summed E-state index contributed by atoms with van der Waals surface area (Å²) in [6.07, 6.45) is 1.14. The first kappa shape index (κ1) is 15.4. The number of hydrogen-bond donors (Lipinski definition) is 0. The van der Waals surface area contributed by atoms with Gasteiger partial charge in [-0.3, -0.25) is 14.9 Å². The third-order valence-corrected chi connectivity index (χ3v) is 4.00. The van der Waals surface area contributed by atoms with Crippen molar-refractivity contribution in [2.75, 3.05) is 38.6 Å². The molecule has 1 heterocycles. The quantitative estimate of drug-likeness (QED) is 0.472. The number of nitro groups is 1. The Bertz CT molecular complexity index is 559. The molecule has 0 bridgehead atoms. The van der Waals surface area contributed by atoms with Gasteiger partial charge in [-0.2, -0.15) is 0 Å². The van der Waals surface area contributed by atoms with Gasteiger partial charge in [0.1, 0.15) is 0 Å². The number of nitro benzene ring substituents is 1. The van der Waals surface area contributed by atoms with Crippen molar-refractivity contribution < 1.29 is 9.72 Å². The molecular weight excluding hydrogens is 270 g/mol. The lowest BCUT2D eigenvalue weighted by Gasteiger charge is -2.24. The molecule has 0 aromatic heterocycles. The van der Waals surface area contributed by atoms with E-state index in [1.165, 1.54) is 19.1 Å². The first-order chi connectivity index (χ1) is 9.88. The smallest absolute Gasteiger partial charge is 0.270 e. The predicted octanol–water partition coefficient (Wildman–Crippen LogP) is 2.19. The van der Waals surface area contributed by atoms with Gasteiger partial charge in [0.15, 0.2) is 5.78 Å². The van der Waals surface area contributed by atoms with Crippen molar-refractivity contribution in [1.29, 1.82) is 0 Å². The SMILES string of the molecule is CC(=O)c1cc([N+](=O)[O-])ccc1N(C)CC1CCN(C)C1. The average Bonchev–Trinajstić information content (AvgIpc) is 2.83. The Morgan fingerprint density at radius 2 is 2.24 bits per heavy atom. The summed E-state index contributed by atoms with van der Waals surface area (Å²) < 4.78 is 0. The van der Waals surface area contributed by atoms with Crippen molar-refractivity contribution in [3.8, 4) is 0 Å². The second-order valence-corrected chi connectivity index (χ2v) is 5.81. The number of anilines is 1. The summed E-state index contributed by atoms with van der Waals surface area (Å²) >= 11 is 0. The van der Waals surface area contributed by atoms with E-state index in [2.05, 4.69) is 11.9 Å². The molecule has 1 aliphatic rings. The van der Waals surface area contributed by atoms with E-state index >= 15 is 0 Å². The zero-order valence-electron chi connectivity index (χ0n) is 12.7. The van der Waals surface area contributed by atoms with Crippen molar-refractivity contribution in [3.05, 3.63) is 33.9 Å². The van der Waals surface area contributed by atoms with E-state index in [-0.39, 0.29) is 11.5 Å². The molecule has 0 amide bonds. The van der Waals surface area contributed by atoms with Gasteiger partial charge in [0, 0.05) is 43.5 Å². The molecular formula is C15H21N3O3. The lowest BCUT2D eigenvalue weighted by molar-refractivity contribution is -0.384. The minimum atomic E-state index is -0.470. The van der Waals surface area contributed by atoms with Gasteiger partial charge in [0.25, 0.3) is 5.69 Å². The molecule has 114 valence electrons. The molecule has 1 aliphatic heterocycles. The Hall–Kier alpha value is -1.95. The van der Waals surface area contributed by atoms with Crippen LogP contribution in [0.2, 0.25) is 0 Å². The van der Waals surface area contributed by atoms with Gasteiger partial charge in [-0.05, 0) is 38.9 Å². The summed E-state index contributed by atoms with van der Waals surface area (Å²) in [5, 5.41) is 10.8. The monoisotopic (exact) mass is 291 g/mol. The molecule has 6 heteroatoms. The lowest BCUT2D eigenvalue weighted by Crippen LogP contribution is -2.28. The number of rotatable bonds is 5. The fourth-order valence-corrected chi connectivity index (χ4v) is 2.91. The lowest BCUT2D eigenvalue weighted by atomic mass is 10.0. The van der Waals surface area contributed by atoms with Gasteiger partial charge in [-0.25, -0.2) is 0 Å². The van der Waals surface area contributed by atoms with Crippen molar-refractivity contribution in [2.45, 2.75) is 13.3 Å². The third-order valence-electron chi connectivity index (χ3n) is 4.00. The van der Waals surface area contributed by atoms with Crippen LogP contribution >= 0.6 is 0 Å². The van der Waals surface area contributed by atoms with Gasteiger partial charge in [0.2, 0.25) is 0 Å². The maximum absolute atomic E-state index is 11.8. The van der Waals surface area contributed by atoms with Gasteiger partial charge in [0.05, 0.1) is 4.92 Å². The largest absolute Gasteiger partial charge is 0.374 e. The minimum Gasteiger partial charge on any atom is -0.374 e.